The molecule has 2 atom stereocenters. The number of amides is 1. The van der Waals surface area contributed by atoms with Crippen molar-refractivity contribution in [2.24, 2.45) is 5.41 Å². The Morgan fingerprint density at radius 3 is 2.53 bits per heavy atom. The van der Waals surface area contributed by atoms with E-state index in [1.54, 1.807) is 23.5 Å². The molecule has 2 aliphatic rings. The first-order valence-corrected chi connectivity index (χ1v) is 15.3. The summed E-state index contributed by atoms with van der Waals surface area (Å²) in [6.45, 7) is 7.63. The lowest BCUT2D eigenvalue weighted by molar-refractivity contribution is 0.0363. The van der Waals surface area contributed by atoms with Crippen LogP contribution in [0.25, 0.3) is 50.2 Å². The second-order valence-electron chi connectivity index (χ2n) is 13.0. The van der Waals surface area contributed by atoms with Crippen LogP contribution < -0.4 is 4.90 Å². The molecule has 2 saturated heterocycles. The second-order valence-corrected chi connectivity index (χ2v) is 13.4. The van der Waals surface area contributed by atoms with Gasteiger partial charge in [-0.2, -0.15) is 10.2 Å². The standard InChI is InChI=1S/C34H31ClN8O2/c1-33(2,3)34-16-23(18-42(34)32(44)45)41(19-34)22-6-4-20(5-7-22)27-12-15-37-31-28(24-8-9-26(35)30-25(24)17-38-39-30)29(40-43(27)31)21-10-13-36-14-11-21/h4-15,17,23H,16,18-19H2,1-3H3,(H,38,39)(H,44,45)/t23-,34+/m0/s1. The summed E-state index contributed by atoms with van der Waals surface area (Å²) in [5.41, 5.74) is 7.36. The van der Waals surface area contributed by atoms with E-state index >= 15 is 0 Å². The van der Waals surface area contributed by atoms with E-state index in [-0.39, 0.29) is 11.5 Å². The van der Waals surface area contributed by atoms with E-state index in [1.165, 1.54) is 0 Å². The number of pyridine rings is 1. The number of aromatic nitrogens is 6. The lowest BCUT2D eigenvalue weighted by atomic mass is 9.73. The van der Waals surface area contributed by atoms with Crippen molar-refractivity contribution in [1.82, 2.24) is 34.7 Å². The zero-order chi connectivity index (χ0) is 31.1. The minimum Gasteiger partial charge on any atom is -0.465 e. The van der Waals surface area contributed by atoms with E-state index in [0.29, 0.717) is 23.8 Å². The summed E-state index contributed by atoms with van der Waals surface area (Å²) in [5.74, 6) is 0. The third-order valence-electron chi connectivity index (χ3n) is 9.78. The normalized spacial score (nSPS) is 19.7. The van der Waals surface area contributed by atoms with Crippen molar-refractivity contribution in [2.75, 3.05) is 18.0 Å². The van der Waals surface area contributed by atoms with Crippen LogP contribution in [0.15, 0.2) is 79.4 Å². The summed E-state index contributed by atoms with van der Waals surface area (Å²) in [7, 11) is 0. The zero-order valence-corrected chi connectivity index (χ0v) is 25.8. The summed E-state index contributed by atoms with van der Waals surface area (Å²) < 4.78 is 1.90. The van der Waals surface area contributed by atoms with E-state index in [9.17, 15) is 9.90 Å². The quantitative estimate of drug-likeness (QED) is 0.218. The van der Waals surface area contributed by atoms with Crippen LogP contribution in [0.4, 0.5) is 10.5 Å². The molecular weight excluding hydrogens is 588 g/mol. The van der Waals surface area contributed by atoms with Gasteiger partial charge in [0.25, 0.3) is 0 Å². The number of benzene rings is 2. The van der Waals surface area contributed by atoms with Gasteiger partial charge >= 0.3 is 6.09 Å². The molecule has 0 saturated carbocycles. The van der Waals surface area contributed by atoms with Gasteiger partial charge in [-0.1, -0.05) is 50.6 Å². The number of halogens is 1. The molecule has 2 aliphatic heterocycles. The topological polar surface area (TPSA) is 116 Å². The predicted molar refractivity (Wildman–Crippen MR) is 174 cm³/mol. The first-order chi connectivity index (χ1) is 21.7. The predicted octanol–water partition coefficient (Wildman–Crippen LogP) is 7.01. The van der Waals surface area contributed by atoms with Gasteiger partial charge in [0.2, 0.25) is 0 Å². The van der Waals surface area contributed by atoms with Crippen molar-refractivity contribution in [3.8, 4) is 33.6 Å². The smallest absolute Gasteiger partial charge is 0.407 e. The monoisotopic (exact) mass is 618 g/mol. The molecule has 45 heavy (non-hydrogen) atoms. The molecule has 2 bridgehead atoms. The van der Waals surface area contributed by atoms with Gasteiger partial charge in [-0.25, -0.2) is 14.3 Å². The highest BCUT2D eigenvalue weighted by molar-refractivity contribution is 6.35. The number of hydrogen-bond acceptors (Lipinski definition) is 6. The highest BCUT2D eigenvalue weighted by Gasteiger charge is 2.61. The maximum absolute atomic E-state index is 12.1. The van der Waals surface area contributed by atoms with Gasteiger partial charge in [-0.15, -0.1) is 0 Å². The van der Waals surface area contributed by atoms with Crippen molar-refractivity contribution in [3.05, 3.63) is 84.4 Å². The molecule has 2 aromatic carbocycles. The van der Waals surface area contributed by atoms with E-state index in [2.05, 4.69) is 65.1 Å². The van der Waals surface area contributed by atoms with Gasteiger partial charge in [0, 0.05) is 59.9 Å². The highest BCUT2D eigenvalue weighted by Crippen LogP contribution is 2.51. The molecule has 0 radical (unpaired) electrons. The Labute approximate surface area is 264 Å². The van der Waals surface area contributed by atoms with Crippen LogP contribution in [-0.4, -0.2) is 70.5 Å². The molecule has 10 nitrogen and oxygen atoms in total. The van der Waals surface area contributed by atoms with Crippen molar-refractivity contribution >= 4 is 39.9 Å². The Bertz CT molecular complexity index is 2100. The van der Waals surface area contributed by atoms with Gasteiger partial charge in [0.1, 0.15) is 5.69 Å². The number of piperazine rings is 1. The Hall–Kier alpha value is -4.96. The number of likely N-dealkylation sites (tertiary alicyclic amines) is 1. The molecule has 6 aromatic rings. The molecular formula is C34H31ClN8O2. The number of carbonyl (C=O) groups is 1. The fourth-order valence-corrected chi connectivity index (χ4v) is 7.61. The zero-order valence-electron chi connectivity index (χ0n) is 25.1. The lowest BCUT2D eigenvalue weighted by Gasteiger charge is -2.48. The third kappa shape index (κ3) is 4.05. The summed E-state index contributed by atoms with van der Waals surface area (Å²) in [6.07, 6.45) is 7.11. The van der Waals surface area contributed by atoms with Crippen molar-refractivity contribution < 1.29 is 9.90 Å². The Morgan fingerprint density at radius 1 is 1.02 bits per heavy atom. The van der Waals surface area contributed by atoms with Gasteiger partial charge in [-0.05, 0) is 53.8 Å². The van der Waals surface area contributed by atoms with Crippen LogP contribution in [-0.2, 0) is 0 Å². The Balaban J connectivity index is 1.22. The number of fused-ring (bicyclic) bond motifs is 4. The minimum absolute atomic E-state index is 0.148. The number of aromatic amines is 1. The van der Waals surface area contributed by atoms with Crippen LogP contribution in [0.1, 0.15) is 27.2 Å². The Kier molecular flexibility index (Phi) is 5.99. The largest absolute Gasteiger partial charge is 0.465 e. The van der Waals surface area contributed by atoms with Gasteiger partial charge in [0.05, 0.1) is 33.5 Å². The fraction of sp³-hybridized carbons (Fsp3) is 0.265. The van der Waals surface area contributed by atoms with Crippen molar-refractivity contribution in [3.63, 3.8) is 0 Å². The van der Waals surface area contributed by atoms with Gasteiger partial charge < -0.3 is 10.0 Å². The average Bonchev–Trinajstić information content (AvgIpc) is 3.83. The van der Waals surface area contributed by atoms with E-state index in [4.69, 9.17) is 21.7 Å². The summed E-state index contributed by atoms with van der Waals surface area (Å²) in [5, 5.41) is 23.9. The van der Waals surface area contributed by atoms with Gasteiger partial charge in [-0.3, -0.25) is 15.0 Å². The Morgan fingerprint density at radius 2 is 1.80 bits per heavy atom. The molecule has 2 N–H and O–H groups in total. The first kappa shape index (κ1) is 27.6. The number of carboxylic acid groups (broad SMARTS) is 1. The van der Waals surface area contributed by atoms with Gasteiger partial charge in [0.15, 0.2) is 5.65 Å². The van der Waals surface area contributed by atoms with E-state index in [0.717, 1.165) is 56.7 Å². The molecule has 0 unspecified atom stereocenters. The molecule has 8 rings (SSSR count). The summed E-state index contributed by atoms with van der Waals surface area (Å²) in [4.78, 5) is 25.2. The number of nitrogens with one attached hydrogen (secondary N) is 1. The summed E-state index contributed by atoms with van der Waals surface area (Å²) >= 11 is 6.50. The van der Waals surface area contributed by atoms with Crippen LogP contribution in [0.5, 0.6) is 0 Å². The van der Waals surface area contributed by atoms with Crippen molar-refractivity contribution in [1.29, 1.82) is 0 Å². The van der Waals surface area contributed by atoms with E-state index < -0.39 is 11.6 Å². The number of anilines is 1. The van der Waals surface area contributed by atoms with E-state index in [1.807, 2.05) is 41.0 Å². The molecule has 0 spiro atoms. The third-order valence-corrected chi connectivity index (χ3v) is 10.1. The molecule has 4 aromatic heterocycles. The fourth-order valence-electron chi connectivity index (χ4n) is 7.40. The van der Waals surface area contributed by atoms with Crippen molar-refractivity contribution in [2.45, 2.75) is 38.8 Å². The van der Waals surface area contributed by atoms with Crippen LogP contribution >= 0.6 is 11.6 Å². The number of rotatable bonds is 4. The molecule has 1 amide bonds. The highest BCUT2D eigenvalue weighted by atomic mass is 35.5. The minimum atomic E-state index is -0.832. The molecule has 11 heteroatoms. The molecule has 2 fully saturated rings. The second kappa shape index (κ2) is 9.77. The first-order valence-electron chi connectivity index (χ1n) is 14.9. The van der Waals surface area contributed by atoms with Crippen LogP contribution in [0.3, 0.4) is 0 Å². The summed E-state index contributed by atoms with van der Waals surface area (Å²) in [6, 6.07) is 18.4. The maximum atomic E-state index is 12.1. The average molecular weight is 619 g/mol. The number of H-pyrrole nitrogens is 1. The number of nitrogens with zero attached hydrogens (tertiary/aromatic N) is 7. The number of hydrogen-bond donors (Lipinski definition) is 2. The van der Waals surface area contributed by atoms with Crippen LogP contribution in [0.2, 0.25) is 5.02 Å². The lowest BCUT2D eigenvalue weighted by Crippen LogP contribution is -2.61. The molecule has 226 valence electrons. The van der Waals surface area contributed by atoms with Crippen LogP contribution in [0, 0.1) is 5.41 Å². The maximum Gasteiger partial charge on any atom is 0.407 e. The molecule has 6 heterocycles. The molecule has 0 aliphatic carbocycles. The SMILES string of the molecule is CC(C)(C)[C@]12C[C@@H](CN1C(=O)O)N(c1ccc(-c3ccnc4c(-c5ccc(Cl)c6[nH]ncc56)c(-c5ccncc5)nn34)cc1)C2.